The summed E-state index contributed by atoms with van der Waals surface area (Å²) < 4.78 is 1.76. The van der Waals surface area contributed by atoms with E-state index in [1.807, 2.05) is 18.1 Å². The van der Waals surface area contributed by atoms with Crippen molar-refractivity contribution in [2.45, 2.75) is 13.3 Å². The zero-order valence-electron chi connectivity index (χ0n) is 12.9. The van der Waals surface area contributed by atoms with Gasteiger partial charge in [-0.05, 0) is 12.3 Å². The molecule has 1 aliphatic carbocycles. The second kappa shape index (κ2) is 4.93. The lowest BCUT2D eigenvalue weighted by atomic mass is 10.2. The third-order valence-corrected chi connectivity index (χ3v) is 4.83. The summed E-state index contributed by atoms with van der Waals surface area (Å²) in [5, 5.41) is 5.23. The van der Waals surface area contributed by atoms with Crippen molar-refractivity contribution in [2.75, 3.05) is 31.1 Å². The van der Waals surface area contributed by atoms with Crippen LogP contribution in [-0.4, -0.2) is 56.7 Å². The Hall–Kier alpha value is -2.18. The van der Waals surface area contributed by atoms with Crippen molar-refractivity contribution >= 4 is 22.8 Å². The van der Waals surface area contributed by atoms with Crippen molar-refractivity contribution in [3.63, 3.8) is 0 Å². The molecule has 0 N–H and O–H groups in total. The number of carbonyl (C=O) groups is 1. The second-order valence-corrected chi connectivity index (χ2v) is 6.33. The minimum absolute atomic E-state index is 0.274. The number of anilines is 1. The molecule has 0 radical (unpaired) electrons. The van der Waals surface area contributed by atoms with Gasteiger partial charge >= 0.3 is 0 Å². The van der Waals surface area contributed by atoms with Gasteiger partial charge in [-0.1, -0.05) is 6.92 Å². The minimum atomic E-state index is 0.274. The molecule has 2 fully saturated rings. The molecule has 0 spiro atoms. The lowest BCUT2D eigenvalue weighted by Gasteiger charge is -2.35. The first-order valence-corrected chi connectivity index (χ1v) is 7.81. The third kappa shape index (κ3) is 2.12. The monoisotopic (exact) mass is 300 g/mol. The van der Waals surface area contributed by atoms with Crippen LogP contribution in [0.5, 0.6) is 0 Å². The van der Waals surface area contributed by atoms with Gasteiger partial charge in [-0.2, -0.15) is 5.10 Å². The molecule has 2 aromatic rings. The quantitative estimate of drug-likeness (QED) is 0.815. The van der Waals surface area contributed by atoms with Crippen LogP contribution in [0.25, 0.3) is 11.0 Å². The van der Waals surface area contributed by atoms with E-state index < -0.39 is 0 Å². The van der Waals surface area contributed by atoms with Gasteiger partial charge in [0.1, 0.15) is 12.1 Å². The molecule has 7 heteroatoms. The molecule has 1 amide bonds. The maximum atomic E-state index is 12.3. The Morgan fingerprint density at radius 2 is 1.95 bits per heavy atom. The Bertz CT molecular complexity index is 718. The SMILES string of the molecule is CC1CC1C(=O)N1CCN(c2ncnc3c2cnn3C)CC1. The van der Waals surface area contributed by atoms with Crippen LogP contribution in [0.2, 0.25) is 0 Å². The number of aromatic nitrogens is 4. The molecule has 1 saturated heterocycles. The summed E-state index contributed by atoms with van der Waals surface area (Å²) >= 11 is 0. The maximum Gasteiger partial charge on any atom is 0.226 e. The number of rotatable bonds is 2. The van der Waals surface area contributed by atoms with Crippen LogP contribution in [0.1, 0.15) is 13.3 Å². The minimum Gasteiger partial charge on any atom is -0.352 e. The summed E-state index contributed by atoms with van der Waals surface area (Å²) in [7, 11) is 1.88. The molecule has 7 nitrogen and oxygen atoms in total. The van der Waals surface area contributed by atoms with E-state index in [-0.39, 0.29) is 5.92 Å². The highest BCUT2D eigenvalue weighted by molar-refractivity contribution is 5.87. The van der Waals surface area contributed by atoms with Crippen molar-refractivity contribution in [1.29, 1.82) is 0 Å². The van der Waals surface area contributed by atoms with Gasteiger partial charge in [0.25, 0.3) is 0 Å². The number of aryl methyl sites for hydroxylation is 1. The van der Waals surface area contributed by atoms with E-state index in [2.05, 4.69) is 26.9 Å². The van der Waals surface area contributed by atoms with E-state index in [4.69, 9.17) is 0 Å². The van der Waals surface area contributed by atoms with Gasteiger partial charge in [0, 0.05) is 39.1 Å². The molecule has 0 aromatic carbocycles. The van der Waals surface area contributed by atoms with E-state index in [0.717, 1.165) is 49.5 Å². The van der Waals surface area contributed by atoms with Crippen molar-refractivity contribution in [3.8, 4) is 0 Å². The lowest BCUT2D eigenvalue weighted by molar-refractivity contribution is -0.133. The van der Waals surface area contributed by atoms with Crippen molar-refractivity contribution in [1.82, 2.24) is 24.6 Å². The number of fused-ring (bicyclic) bond motifs is 1. The number of hydrogen-bond donors (Lipinski definition) is 0. The van der Waals surface area contributed by atoms with E-state index in [9.17, 15) is 4.79 Å². The number of hydrogen-bond acceptors (Lipinski definition) is 5. The number of amides is 1. The Kier molecular flexibility index (Phi) is 3.02. The first-order valence-electron chi connectivity index (χ1n) is 7.81. The summed E-state index contributed by atoms with van der Waals surface area (Å²) in [5.74, 6) is 2.10. The van der Waals surface area contributed by atoms with Crippen LogP contribution in [0.15, 0.2) is 12.5 Å². The van der Waals surface area contributed by atoms with Gasteiger partial charge in [0.15, 0.2) is 5.65 Å². The highest BCUT2D eigenvalue weighted by atomic mass is 16.2. The molecule has 2 atom stereocenters. The zero-order chi connectivity index (χ0) is 15.3. The molecule has 2 unspecified atom stereocenters. The fraction of sp³-hybridized carbons (Fsp3) is 0.600. The van der Waals surface area contributed by atoms with Crippen molar-refractivity contribution in [2.24, 2.45) is 18.9 Å². The molecule has 2 aromatic heterocycles. The molecular formula is C15H20N6O. The molecule has 3 heterocycles. The average molecular weight is 300 g/mol. The molecule has 2 aliphatic rings. The fourth-order valence-corrected chi connectivity index (χ4v) is 3.24. The summed E-state index contributed by atoms with van der Waals surface area (Å²) in [6, 6.07) is 0. The second-order valence-electron chi connectivity index (χ2n) is 6.33. The Morgan fingerprint density at radius 3 is 2.64 bits per heavy atom. The highest BCUT2D eigenvalue weighted by Crippen LogP contribution is 2.39. The third-order valence-electron chi connectivity index (χ3n) is 4.83. The molecular weight excluding hydrogens is 280 g/mol. The predicted octanol–water partition coefficient (Wildman–Crippen LogP) is 0.668. The predicted molar refractivity (Wildman–Crippen MR) is 82.4 cm³/mol. The topological polar surface area (TPSA) is 67.2 Å². The summed E-state index contributed by atoms with van der Waals surface area (Å²) in [6.45, 7) is 5.32. The maximum absolute atomic E-state index is 12.3. The molecule has 22 heavy (non-hydrogen) atoms. The number of nitrogens with zero attached hydrogens (tertiary/aromatic N) is 6. The molecule has 1 aliphatic heterocycles. The summed E-state index contributed by atoms with van der Waals surface area (Å²) in [5.41, 5.74) is 0.843. The van der Waals surface area contributed by atoms with Crippen LogP contribution in [-0.2, 0) is 11.8 Å². The smallest absolute Gasteiger partial charge is 0.226 e. The number of piperazine rings is 1. The molecule has 0 bridgehead atoms. The van der Waals surface area contributed by atoms with Gasteiger partial charge in [-0.3, -0.25) is 9.48 Å². The fourth-order valence-electron chi connectivity index (χ4n) is 3.24. The van der Waals surface area contributed by atoms with E-state index in [1.54, 1.807) is 11.0 Å². The average Bonchev–Trinajstić information content (AvgIpc) is 3.16. The first-order chi connectivity index (χ1) is 10.6. The van der Waals surface area contributed by atoms with Crippen LogP contribution in [0.4, 0.5) is 5.82 Å². The van der Waals surface area contributed by atoms with E-state index in [1.165, 1.54) is 0 Å². The van der Waals surface area contributed by atoms with Crippen LogP contribution in [0.3, 0.4) is 0 Å². The highest BCUT2D eigenvalue weighted by Gasteiger charge is 2.42. The normalized spacial score (nSPS) is 24.8. The largest absolute Gasteiger partial charge is 0.352 e. The first kappa shape index (κ1) is 13.5. The van der Waals surface area contributed by atoms with Gasteiger partial charge in [0.2, 0.25) is 5.91 Å². The summed E-state index contributed by atoms with van der Waals surface area (Å²) in [4.78, 5) is 25.2. The number of carbonyl (C=O) groups excluding carboxylic acids is 1. The van der Waals surface area contributed by atoms with E-state index >= 15 is 0 Å². The molecule has 1 saturated carbocycles. The van der Waals surface area contributed by atoms with Gasteiger partial charge in [-0.25, -0.2) is 9.97 Å². The molecule has 4 rings (SSSR count). The van der Waals surface area contributed by atoms with Crippen LogP contribution >= 0.6 is 0 Å². The molecule has 116 valence electrons. The van der Waals surface area contributed by atoms with Crippen LogP contribution in [0, 0.1) is 11.8 Å². The Morgan fingerprint density at radius 1 is 1.23 bits per heavy atom. The zero-order valence-corrected chi connectivity index (χ0v) is 12.9. The van der Waals surface area contributed by atoms with Gasteiger partial charge < -0.3 is 9.80 Å². The van der Waals surface area contributed by atoms with Gasteiger partial charge in [0.05, 0.1) is 11.6 Å². The summed E-state index contributed by atoms with van der Waals surface area (Å²) in [6.07, 6.45) is 4.46. The van der Waals surface area contributed by atoms with E-state index in [0.29, 0.717) is 11.8 Å². The van der Waals surface area contributed by atoms with Crippen LogP contribution < -0.4 is 4.90 Å². The van der Waals surface area contributed by atoms with Crippen molar-refractivity contribution in [3.05, 3.63) is 12.5 Å². The lowest BCUT2D eigenvalue weighted by Crippen LogP contribution is -2.49. The Labute approximate surface area is 128 Å². The van der Waals surface area contributed by atoms with Gasteiger partial charge in [-0.15, -0.1) is 0 Å². The Balaban J connectivity index is 1.50. The van der Waals surface area contributed by atoms with Crippen molar-refractivity contribution < 1.29 is 4.79 Å². The standard InChI is InChI=1S/C15H20N6O/c1-10-7-11(10)15(22)21-5-3-20(4-6-21)14-12-8-18-19(2)13(12)16-9-17-14/h8-11H,3-7H2,1-2H3.